The highest BCUT2D eigenvalue weighted by molar-refractivity contribution is 6.20. The molecule has 0 spiro atoms. The van der Waals surface area contributed by atoms with Crippen LogP contribution in [0, 0.1) is 5.92 Å². The van der Waals surface area contributed by atoms with Gasteiger partial charge >= 0.3 is 12.2 Å². The van der Waals surface area contributed by atoms with Gasteiger partial charge < -0.3 is 20.1 Å². The zero-order chi connectivity index (χ0) is 35.5. The van der Waals surface area contributed by atoms with Gasteiger partial charge in [0.25, 0.3) is 11.8 Å². The van der Waals surface area contributed by atoms with Gasteiger partial charge in [-0.3, -0.25) is 20.2 Å². The lowest BCUT2D eigenvalue weighted by atomic mass is 10.0. The Bertz CT molecular complexity index is 1890. The van der Waals surface area contributed by atoms with Crippen molar-refractivity contribution in [2.75, 3.05) is 23.8 Å². The van der Waals surface area contributed by atoms with Crippen LogP contribution in [0.2, 0.25) is 0 Å². The molecule has 4 amide bonds. The number of fused-ring (bicyclic) bond motifs is 2. The third-order valence-electron chi connectivity index (χ3n) is 7.32. The first-order valence-electron chi connectivity index (χ1n) is 16.2. The number of amides is 4. The number of nitrogens with zero attached hydrogens (tertiary/aromatic N) is 2. The molecule has 0 radical (unpaired) electrons. The van der Waals surface area contributed by atoms with Gasteiger partial charge in [-0.05, 0) is 25.0 Å². The highest BCUT2D eigenvalue weighted by Crippen LogP contribution is 2.25. The van der Waals surface area contributed by atoms with E-state index < -0.39 is 36.3 Å². The molecule has 2 aliphatic heterocycles. The number of rotatable bonds is 7. The maximum Gasteiger partial charge on any atom is 0.409 e. The molecule has 0 aliphatic carbocycles. The number of hydrogen-bond acceptors (Lipinski definition) is 8. The van der Waals surface area contributed by atoms with Crippen LogP contribution in [0.3, 0.4) is 0 Å². The second kappa shape index (κ2) is 16.7. The van der Waals surface area contributed by atoms with Crippen molar-refractivity contribution >= 4 is 46.8 Å². The molecule has 0 fully saturated rings. The van der Waals surface area contributed by atoms with Crippen LogP contribution in [0.25, 0.3) is 0 Å². The number of carbonyl (C=O) groups is 4. The van der Waals surface area contributed by atoms with Crippen molar-refractivity contribution in [1.82, 2.24) is 10.6 Å². The van der Waals surface area contributed by atoms with Gasteiger partial charge in [-0.15, -0.1) is 0 Å². The fourth-order valence-electron chi connectivity index (χ4n) is 5.04. The molecule has 2 unspecified atom stereocenters. The number of hydrogen-bond donors (Lipinski definition) is 4. The van der Waals surface area contributed by atoms with E-state index in [0.717, 1.165) is 22.3 Å². The summed E-state index contributed by atoms with van der Waals surface area (Å²) in [5.74, 6) is -0.623. The Morgan fingerprint density at radius 2 is 1.04 bits per heavy atom. The zero-order valence-corrected chi connectivity index (χ0v) is 27.9. The minimum Gasteiger partial charge on any atom is -0.450 e. The number of ether oxygens (including phenoxy) is 2. The third kappa shape index (κ3) is 8.98. The van der Waals surface area contributed by atoms with Crippen LogP contribution in [0.5, 0.6) is 0 Å². The average molecular weight is 675 g/mol. The number of aliphatic imine (C=N–C) groups is 2. The van der Waals surface area contributed by atoms with Crippen LogP contribution in [0.15, 0.2) is 119 Å². The molecule has 256 valence electrons. The van der Waals surface area contributed by atoms with Gasteiger partial charge in [-0.25, -0.2) is 19.6 Å². The first-order chi connectivity index (χ1) is 24.2. The Labute approximate surface area is 290 Å². The maximum absolute atomic E-state index is 12.5. The highest BCUT2D eigenvalue weighted by Gasteiger charge is 2.28. The van der Waals surface area contributed by atoms with Crippen LogP contribution < -0.4 is 21.3 Å². The van der Waals surface area contributed by atoms with Gasteiger partial charge in [-0.2, -0.15) is 0 Å². The quantitative estimate of drug-likeness (QED) is 0.196. The molecule has 0 bridgehead atoms. The Morgan fingerprint density at radius 1 is 0.640 bits per heavy atom. The molecule has 6 rings (SSSR count). The van der Waals surface area contributed by atoms with Crippen molar-refractivity contribution in [3.05, 3.63) is 131 Å². The number of benzene rings is 4. The van der Waals surface area contributed by atoms with E-state index in [-0.39, 0.29) is 19.1 Å². The summed E-state index contributed by atoms with van der Waals surface area (Å²) in [6.07, 6.45) is -3.48. The highest BCUT2D eigenvalue weighted by atomic mass is 16.6. The monoisotopic (exact) mass is 674 g/mol. The van der Waals surface area contributed by atoms with Gasteiger partial charge in [0.15, 0.2) is 0 Å². The van der Waals surface area contributed by atoms with Crippen LogP contribution in [-0.2, 0) is 19.1 Å². The number of para-hydroxylation sites is 2. The lowest BCUT2D eigenvalue weighted by molar-refractivity contribution is -0.118. The SMILES string of the molecule is CC(C)COC(=O)NC1N=C(c2ccccc2)c2ccccc2NC1=O.CCOC(=O)NC1N=C(c2ccccc2)c2ccccc2NC1=O. The molecular weight excluding hydrogens is 636 g/mol. The fraction of sp³-hybridized carbons (Fsp3) is 0.211. The predicted molar refractivity (Wildman–Crippen MR) is 191 cm³/mol. The minimum atomic E-state index is -1.07. The third-order valence-corrected chi connectivity index (χ3v) is 7.32. The number of nitrogens with one attached hydrogen (secondary N) is 4. The fourth-order valence-corrected chi connectivity index (χ4v) is 5.04. The molecule has 0 aromatic heterocycles. The summed E-state index contributed by atoms with van der Waals surface area (Å²) in [7, 11) is 0. The molecule has 12 heteroatoms. The van der Waals surface area contributed by atoms with Crippen molar-refractivity contribution in [2.45, 2.75) is 33.1 Å². The molecule has 4 aromatic rings. The molecule has 2 heterocycles. The summed E-state index contributed by atoms with van der Waals surface area (Å²) < 4.78 is 9.97. The molecule has 12 nitrogen and oxygen atoms in total. The molecule has 0 saturated carbocycles. The first-order valence-corrected chi connectivity index (χ1v) is 16.2. The molecule has 4 N–H and O–H groups in total. The van der Waals surface area contributed by atoms with Crippen molar-refractivity contribution in [2.24, 2.45) is 15.9 Å². The number of carbonyl (C=O) groups excluding carboxylic acids is 4. The lowest BCUT2D eigenvalue weighted by Gasteiger charge is -2.14. The second-order valence-electron chi connectivity index (χ2n) is 11.6. The predicted octanol–water partition coefficient (Wildman–Crippen LogP) is 5.73. The van der Waals surface area contributed by atoms with Gasteiger partial charge in [0.2, 0.25) is 12.3 Å². The van der Waals surface area contributed by atoms with Gasteiger partial charge in [-0.1, -0.05) is 111 Å². The van der Waals surface area contributed by atoms with E-state index >= 15 is 0 Å². The number of benzodiazepines with no additional fused rings is 2. The van der Waals surface area contributed by atoms with Crippen molar-refractivity contribution in [1.29, 1.82) is 0 Å². The summed E-state index contributed by atoms with van der Waals surface area (Å²) >= 11 is 0. The van der Waals surface area contributed by atoms with E-state index in [0.29, 0.717) is 22.8 Å². The van der Waals surface area contributed by atoms with E-state index in [1.54, 1.807) is 13.0 Å². The Balaban J connectivity index is 0.000000195. The molecule has 0 saturated heterocycles. The van der Waals surface area contributed by atoms with Crippen molar-refractivity contribution in [3.63, 3.8) is 0 Å². The Hall–Kier alpha value is -6.30. The minimum absolute atomic E-state index is 0.205. The summed E-state index contributed by atoms with van der Waals surface area (Å²) in [5.41, 5.74) is 5.88. The number of alkyl carbamates (subject to hydrolysis) is 2. The smallest absolute Gasteiger partial charge is 0.409 e. The van der Waals surface area contributed by atoms with Crippen LogP contribution in [-0.4, -0.2) is 61.0 Å². The van der Waals surface area contributed by atoms with E-state index in [1.165, 1.54) is 0 Å². The topological polar surface area (TPSA) is 160 Å². The summed E-state index contributed by atoms with van der Waals surface area (Å²) in [4.78, 5) is 57.7. The van der Waals surface area contributed by atoms with Crippen molar-refractivity contribution < 1.29 is 28.7 Å². The summed E-state index contributed by atoms with van der Waals surface area (Å²) in [6, 6.07) is 33.9. The first kappa shape index (κ1) is 35.0. The zero-order valence-electron chi connectivity index (χ0n) is 27.9. The van der Waals surface area contributed by atoms with Gasteiger partial charge in [0.05, 0.1) is 36.0 Å². The molecule has 4 aromatic carbocycles. The van der Waals surface area contributed by atoms with E-state index in [1.807, 2.05) is 117 Å². The maximum atomic E-state index is 12.5. The molecule has 50 heavy (non-hydrogen) atoms. The van der Waals surface area contributed by atoms with E-state index in [9.17, 15) is 19.2 Å². The van der Waals surface area contributed by atoms with Crippen LogP contribution in [0.4, 0.5) is 21.0 Å². The van der Waals surface area contributed by atoms with Crippen LogP contribution >= 0.6 is 0 Å². The van der Waals surface area contributed by atoms with Gasteiger partial charge in [0, 0.05) is 22.3 Å². The Kier molecular flexibility index (Phi) is 11.7. The summed E-state index contributed by atoms with van der Waals surface area (Å²) in [5, 5.41) is 10.6. The van der Waals surface area contributed by atoms with E-state index in [2.05, 4.69) is 31.3 Å². The Morgan fingerprint density at radius 3 is 1.46 bits per heavy atom. The largest absolute Gasteiger partial charge is 0.450 e. The normalized spacial score (nSPS) is 16.2. The van der Waals surface area contributed by atoms with Gasteiger partial charge in [0.1, 0.15) is 0 Å². The lowest BCUT2D eigenvalue weighted by Crippen LogP contribution is -2.42. The van der Waals surface area contributed by atoms with Crippen molar-refractivity contribution in [3.8, 4) is 0 Å². The average Bonchev–Trinajstić information content (AvgIpc) is 3.35. The van der Waals surface area contributed by atoms with E-state index in [4.69, 9.17) is 9.47 Å². The second-order valence-corrected chi connectivity index (χ2v) is 11.6. The standard InChI is InChI=1S/C20H21N3O3.C18H17N3O3/c1-13(2)12-26-20(25)23-18-19(24)21-16-11-7-6-10-15(16)17(22-18)14-8-4-3-5-9-14;1-2-24-18(23)21-16-17(22)19-14-11-7-6-10-13(14)15(20-16)12-8-4-3-5-9-12/h3-11,13,18H,12H2,1-2H3,(H,21,24)(H,23,25);3-11,16H,2H2,1H3,(H,19,22)(H,21,23). The molecular formula is C38H38N6O6. The number of anilines is 2. The molecule has 2 atom stereocenters. The summed E-state index contributed by atoms with van der Waals surface area (Å²) in [6.45, 7) is 6.06. The van der Waals surface area contributed by atoms with Crippen LogP contribution in [0.1, 0.15) is 43.0 Å². The molecule has 2 aliphatic rings.